The van der Waals surface area contributed by atoms with Crippen molar-refractivity contribution < 1.29 is 4.79 Å². The van der Waals surface area contributed by atoms with Crippen LogP contribution in [-0.4, -0.2) is 16.9 Å². The summed E-state index contributed by atoms with van der Waals surface area (Å²) >= 11 is 3.05. The molecule has 0 aromatic heterocycles. The lowest BCUT2D eigenvalue weighted by Crippen LogP contribution is -2.10. The number of aliphatic imine (C=N–C) groups is 1. The van der Waals surface area contributed by atoms with E-state index < -0.39 is 0 Å². The summed E-state index contributed by atoms with van der Waals surface area (Å²) in [5.74, 6) is 0.00694. The molecule has 0 bridgehead atoms. The molecular formula is C6H5BrN2O. The summed E-state index contributed by atoms with van der Waals surface area (Å²) in [5, 5.41) is 6.50. The Hall–Kier alpha value is -0.950. The summed E-state index contributed by atoms with van der Waals surface area (Å²) < 4.78 is 0. The van der Waals surface area contributed by atoms with E-state index >= 15 is 0 Å². The van der Waals surface area contributed by atoms with Crippen molar-refractivity contribution >= 4 is 27.9 Å². The average molecular weight is 201 g/mol. The second kappa shape index (κ2) is 4.89. The topological polar surface area (TPSA) is 53.2 Å². The number of ketones is 1. The highest BCUT2D eigenvalue weighted by Crippen LogP contribution is 2.05. The van der Waals surface area contributed by atoms with Gasteiger partial charge < -0.3 is 0 Å². The van der Waals surface area contributed by atoms with Crippen LogP contribution >= 0.6 is 15.9 Å². The number of hydrogen-bond acceptors (Lipinski definition) is 3. The number of carbonyl (C=O) groups excluding carboxylic acids is 1. The Morgan fingerprint density at radius 3 is 2.60 bits per heavy atom. The van der Waals surface area contributed by atoms with Gasteiger partial charge in [-0.1, -0.05) is 15.9 Å². The fraction of sp³-hybridized carbons (Fsp3) is 0.167. The molecule has 0 N–H and O–H groups in total. The first-order valence-electron chi connectivity index (χ1n) is 2.44. The first kappa shape index (κ1) is 9.05. The molecule has 1 rings (SSSR count). The molecule has 0 saturated carbocycles. The van der Waals surface area contributed by atoms with E-state index in [1.165, 1.54) is 6.08 Å². The minimum Gasteiger partial charge on any atom is -0.291 e. The molecule has 0 fully saturated rings. The lowest BCUT2D eigenvalue weighted by Gasteiger charge is -1.99. The molecule has 1 aliphatic heterocycles. The van der Waals surface area contributed by atoms with Gasteiger partial charge in [-0.3, -0.25) is 9.79 Å². The summed E-state index contributed by atoms with van der Waals surface area (Å²) in [7, 11) is 0. The van der Waals surface area contributed by atoms with Crippen molar-refractivity contribution in [2.45, 2.75) is 4.95 Å². The summed E-state index contributed by atoms with van der Waals surface area (Å²) in [6.45, 7) is 3.50. The molecule has 0 saturated heterocycles. The van der Waals surface area contributed by atoms with Crippen LogP contribution in [0, 0.1) is 11.8 Å². The number of carbonyl (C=O) groups is 1. The van der Waals surface area contributed by atoms with Gasteiger partial charge in [-0.2, -0.15) is 0 Å². The monoisotopic (exact) mass is 200 g/mol. The van der Waals surface area contributed by atoms with E-state index in [0.29, 0.717) is 0 Å². The number of nitriles is 1. The molecular weight excluding hydrogens is 196 g/mol. The molecule has 1 unspecified atom stereocenters. The van der Waals surface area contributed by atoms with Gasteiger partial charge in [0.15, 0.2) is 10.7 Å². The number of halogens is 1. The fourth-order valence-electron chi connectivity index (χ4n) is 0.416. The molecule has 3 nitrogen and oxygen atoms in total. The molecule has 4 heteroatoms. The van der Waals surface area contributed by atoms with Crippen LogP contribution in [0.2, 0.25) is 0 Å². The highest BCUT2D eigenvalue weighted by Gasteiger charge is 2.09. The molecule has 1 heterocycles. The van der Waals surface area contributed by atoms with Crippen LogP contribution in [0.5, 0.6) is 0 Å². The van der Waals surface area contributed by atoms with Crippen LogP contribution < -0.4 is 0 Å². The summed E-state index contributed by atoms with van der Waals surface area (Å²) in [5.41, 5.74) is 0. The fourth-order valence-corrected chi connectivity index (χ4v) is 0.705. The van der Waals surface area contributed by atoms with E-state index in [1.807, 2.05) is 0 Å². The first-order chi connectivity index (χ1) is 4.80. The first-order valence-corrected chi connectivity index (χ1v) is 3.36. The van der Waals surface area contributed by atoms with Gasteiger partial charge >= 0.3 is 0 Å². The Bertz CT molecular complexity index is 195. The SMILES string of the molecule is C#N.O=C1C=CC=NC1Br. The van der Waals surface area contributed by atoms with Crippen molar-refractivity contribution in [2.24, 2.45) is 4.99 Å². The standard InChI is InChI=1S/C5H4BrNO.CHN/c6-5-4(8)2-1-3-7-5;1-2/h1-3,5H;1H. The van der Waals surface area contributed by atoms with Gasteiger partial charge in [-0.05, 0) is 12.2 Å². The van der Waals surface area contributed by atoms with E-state index in [4.69, 9.17) is 5.26 Å². The average Bonchev–Trinajstić information content (AvgIpc) is 2.00. The zero-order chi connectivity index (χ0) is 7.98. The number of alkyl halides is 1. The predicted molar refractivity (Wildman–Crippen MR) is 42.0 cm³/mol. The minimum atomic E-state index is -0.340. The number of allylic oxidation sites excluding steroid dienone is 1. The van der Waals surface area contributed by atoms with Crippen LogP contribution in [0.1, 0.15) is 0 Å². The van der Waals surface area contributed by atoms with Gasteiger partial charge in [0.2, 0.25) is 0 Å². The second-order valence-corrected chi connectivity index (χ2v) is 2.26. The molecule has 10 heavy (non-hydrogen) atoms. The molecule has 0 radical (unpaired) electrons. The smallest absolute Gasteiger partial charge is 0.190 e. The molecule has 0 aliphatic carbocycles. The number of nitrogens with zero attached hydrogens (tertiary/aromatic N) is 2. The Kier molecular flexibility index (Phi) is 4.42. The lowest BCUT2D eigenvalue weighted by molar-refractivity contribution is -0.113. The van der Waals surface area contributed by atoms with Gasteiger partial charge in [0.1, 0.15) is 0 Å². The predicted octanol–water partition coefficient (Wildman–Crippen LogP) is 1.06. The summed E-state index contributed by atoms with van der Waals surface area (Å²) in [4.78, 5) is 14.0. The van der Waals surface area contributed by atoms with Crippen molar-refractivity contribution in [1.29, 1.82) is 5.26 Å². The maximum atomic E-state index is 10.5. The third-order valence-corrected chi connectivity index (χ3v) is 1.49. The van der Waals surface area contributed by atoms with E-state index in [9.17, 15) is 4.79 Å². The van der Waals surface area contributed by atoms with Crippen molar-refractivity contribution in [2.75, 3.05) is 0 Å². The van der Waals surface area contributed by atoms with Gasteiger partial charge in [0.05, 0.1) is 0 Å². The maximum absolute atomic E-state index is 10.5. The number of dihydropyridines is 1. The van der Waals surface area contributed by atoms with Crippen LogP contribution in [0.15, 0.2) is 17.1 Å². The number of hydrogen-bond donors (Lipinski definition) is 0. The maximum Gasteiger partial charge on any atom is 0.190 e. The van der Waals surface area contributed by atoms with Crippen LogP contribution in [0.4, 0.5) is 0 Å². The molecule has 0 aromatic rings. The van der Waals surface area contributed by atoms with Gasteiger partial charge in [-0.25, -0.2) is 5.26 Å². The summed E-state index contributed by atoms with van der Waals surface area (Å²) in [6.07, 6.45) is 4.72. The zero-order valence-corrected chi connectivity index (χ0v) is 6.65. The lowest BCUT2D eigenvalue weighted by atomic mass is 10.3. The normalized spacial score (nSPS) is 21.5. The van der Waals surface area contributed by atoms with E-state index in [0.717, 1.165) is 0 Å². The summed E-state index contributed by atoms with van der Waals surface area (Å²) in [6, 6.07) is 0. The van der Waals surface area contributed by atoms with Crippen LogP contribution in [0.3, 0.4) is 0 Å². The van der Waals surface area contributed by atoms with Crippen molar-refractivity contribution in [3.05, 3.63) is 12.2 Å². The second-order valence-electron chi connectivity index (χ2n) is 1.40. The highest BCUT2D eigenvalue weighted by atomic mass is 79.9. The zero-order valence-electron chi connectivity index (χ0n) is 5.07. The van der Waals surface area contributed by atoms with Gasteiger partial charge in [-0.15, -0.1) is 0 Å². The Labute approximate surface area is 67.2 Å². The third-order valence-electron chi connectivity index (χ3n) is 0.798. The molecule has 0 aromatic carbocycles. The van der Waals surface area contributed by atoms with Crippen molar-refractivity contribution in [1.82, 2.24) is 0 Å². The quantitative estimate of drug-likeness (QED) is 0.434. The molecule has 1 aliphatic rings. The molecule has 1 atom stereocenters. The Morgan fingerprint density at radius 2 is 2.30 bits per heavy atom. The molecule has 0 amide bonds. The van der Waals surface area contributed by atoms with E-state index in [-0.39, 0.29) is 10.7 Å². The molecule has 0 spiro atoms. The van der Waals surface area contributed by atoms with E-state index in [2.05, 4.69) is 27.5 Å². The Balaban J connectivity index is 0.000000371. The Morgan fingerprint density at radius 1 is 1.70 bits per heavy atom. The van der Waals surface area contributed by atoms with Gasteiger partial charge in [0.25, 0.3) is 0 Å². The van der Waals surface area contributed by atoms with Gasteiger partial charge in [0, 0.05) is 12.8 Å². The minimum absolute atomic E-state index is 0.00694. The van der Waals surface area contributed by atoms with E-state index in [1.54, 1.807) is 12.3 Å². The van der Waals surface area contributed by atoms with Crippen molar-refractivity contribution in [3.63, 3.8) is 0 Å². The van der Waals surface area contributed by atoms with Crippen molar-refractivity contribution in [3.8, 4) is 6.57 Å². The largest absolute Gasteiger partial charge is 0.291 e. The highest BCUT2D eigenvalue weighted by molar-refractivity contribution is 9.10. The third kappa shape index (κ3) is 2.55. The van der Waals surface area contributed by atoms with Crippen LogP contribution in [-0.2, 0) is 4.79 Å². The molecule has 52 valence electrons. The van der Waals surface area contributed by atoms with Crippen LogP contribution in [0.25, 0.3) is 0 Å². The number of rotatable bonds is 0.